The van der Waals surface area contributed by atoms with Crippen molar-refractivity contribution in [3.05, 3.63) is 52.3 Å². The number of benzene rings is 1. The van der Waals surface area contributed by atoms with E-state index in [2.05, 4.69) is 50.1 Å². The van der Waals surface area contributed by atoms with Crippen molar-refractivity contribution in [3.8, 4) is 0 Å². The first-order valence-corrected chi connectivity index (χ1v) is 6.38. The van der Waals surface area contributed by atoms with Gasteiger partial charge in [0.2, 0.25) is 0 Å². The van der Waals surface area contributed by atoms with E-state index >= 15 is 0 Å². The molecule has 0 fully saturated rings. The first kappa shape index (κ1) is 12.8. The molecule has 18 heavy (non-hydrogen) atoms. The van der Waals surface area contributed by atoms with Crippen molar-refractivity contribution in [1.29, 1.82) is 0 Å². The van der Waals surface area contributed by atoms with E-state index < -0.39 is 0 Å². The lowest BCUT2D eigenvalue weighted by atomic mass is 9.97. The third kappa shape index (κ3) is 2.31. The van der Waals surface area contributed by atoms with Crippen molar-refractivity contribution in [1.82, 2.24) is 9.78 Å². The second kappa shape index (κ2) is 4.94. The lowest BCUT2D eigenvalue weighted by Gasteiger charge is -2.15. The molecule has 1 unspecified atom stereocenters. The quantitative estimate of drug-likeness (QED) is 0.900. The SMILES string of the molecule is CCc1cc(C(N)c2ccc(C)cc2C)n(C)n1. The molecule has 1 heterocycles. The summed E-state index contributed by atoms with van der Waals surface area (Å²) in [5.74, 6) is 0. The van der Waals surface area contributed by atoms with Crippen molar-refractivity contribution in [3.63, 3.8) is 0 Å². The molecule has 1 aromatic carbocycles. The molecule has 0 amide bonds. The van der Waals surface area contributed by atoms with Crippen LogP contribution in [0.3, 0.4) is 0 Å². The summed E-state index contributed by atoms with van der Waals surface area (Å²) in [6, 6.07) is 8.40. The van der Waals surface area contributed by atoms with Gasteiger partial charge in [0.25, 0.3) is 0 Å². The Morgan fingerprint density at radius 1 is 1.28 bits per heavy atom. The van der Waals surface area contributed by atoms with E-state index in [0.717, 1.165) is 17.8 Å². The van der Waals surface area contributed by atoms with Crippen LogP contribution in [0.5, 0.6) is 0 Å². The minimum Gasteiger partial charge on any atom is -0.319 e. The van der Waals surface area contributed by atoms with Gasteiger partial charge in [-0.2, -0.15) is 5.10 Å². The summed E-state index contributed by atoms with van der Waals surface area (Å²) in [6.07, 6.45) is 0.938. The monoisotopic (exact) mass is 243 g/mol. The van der Waals surface area contributed by atoms with E-state index in [1.165, 1.54) is 16.7 Å². The van der Waals surface area contributed by atoms with Crippen molar-refractivity contribution in [2.75, 3.05) is 0 Å². The Bertz CT molecular complexity index is 555. The number of hydrogen-bond acceptors (Lipinski definition) is 2. The smallest absolute Gasteiger partial charge is 0.0725 e. The van der Waals surface area contributed by atoms with Gasteiger partial charge in [0, 0.05) is 7.05 Å². The summed E-state index contributed by atoms with van der Waals surface area (Å²) in [6.45, 7) is 6.32. The van der Waals surface area contributed by atoms with Gasteiger partial charge in [0.05, 0.1) is 17.4 Å². The van der Waals surface area contributed by atoms with Gasteiger partial charge in [-0.25, -0.2) is 0 Å². The predicted molar refractivity (Wildman–Crippen MR) is 74.5 cm³/mol. The van der Waals surface area contributed by atoms with Gasteiger partial charge in [0.15, 0.2) is 0 Å². The molecule has 0 radical (unpaired) electrons. The van der Waals surface area contributed by atoms with E-state index in [-0.39, 0.29) is 6.04 Å². The maximum absolute atomic E-state index is 6.38. The summed E-state index contributed by atoms with van der Waals surface area (Å²) in [5, 5.41) is 4.46. The molecule has 0 bridgehead atoms. The van der Waals surface area contributed by atoms with Crippen LogP contribution in [0, 0.1) is 13.8 Å². The fraction of sp³-hybridized carbons (Fsp3) is 0.400. The maximum Gasteiger partial charge on any atom is 0.0725 e. The Labute approximate surface area is 109 Å². The van der Waals surface area contributed by atoms with E-state index in [0.29, 0.717) is 0 Å². The molecule has 1 atom stereocenters. The first-order chi connectivity index (χ1) is 8.52. The number of aryl methyl sites for hydroxylation is 4. The van der Waals surface area contributed by atoms with E-state index in [4.69, 9.17) is 5.73 Å². The fourth-order valence-electron chi connectivity index (χ4n) is 2.34. The number of nitrogens with zero attached hydrogens (tertiary/aromatic N) is 2. The van der Waals surface area contributed by atoms with Crippen LogP contribution in [-0.2, 0) is 13.5 Å². The van der Waals surface area contributed by atoms with Crippen molar-refractivity contribution in [2.24, 2.45) is 12.8 Å². The normalized spacial score (nSPS) is 12.7. The molecular weight excluding hydrogens is 222 g/mol. The van der Waals surface area contributed by atoms with Crippen LogP contribution in [0.15, 0.2) is 24.3 Å². The van der Waals surface area contributed by atoms with E-state index in [1.54, 1.807) is 0 Å². The highest BCUT2D eigenvalue weighted by atomic mass is 15.3. The van der Waals surface area contributed by atoms with Crippen LogP contribution in [0.2, 0.25) is 0 Å². The standard InChI is InChI=1S/C15H21N3/c1-5-12-9-14(18(4)17-12)15(16)13-7-6-10(2)8-11(13)3/h6-9,15H,5,16H2,1-4H3. The molecule has 2 aromatic rings. The van der Waals surface area contributed by atoms with Gasteiger partial charge in [0.1, 0.15) is 0 Å². The van der Waals surface area contributed by atoms with E-state index in [9.17, 15) is 0 Å². The van der Waals surface area contributed by atoms with Gasteiger partial charge in [-0.05, 0) is 37.5 Å². The minimum atomic E-state index is -0.108. The van der Waals surface area contributed by atoms with Gasteiger partial charge < -0.3 is 5.73 Å². The zero-order chi connectivity index (χ0) is 13.3. The molecule has 0 spiro atoms. The summed E-state index contributed by atoms with van der Waals surface area (Å²) < 4.78 is 1.89. The maximum atomic E-state index is 6.38. The Hall–Kier alpha value is -1.61. The molecular formula is C15H21N3. The van der Waals surface area contributed by atoms with Crippen molar-refractivity contribution >= 4 is 0 Å². The second-order valence-corrected chi connectivity index (χ2v) is 4.88. The molecule has 0 saturated carbocycles. The molecule has 2 N–H and O–H groups in total. The minimum absolute atomic E-state index is 0.108. The van der Waals surface area contributed by atoms with Crippen LogP contribution in [0.4, 0.5) is 0 Å². The summed E-state index contributed by atoms with van der Waals surface area (Å²) in [7, 11) is 1.96. The third-order valence-electron chi connectivity index (χ3n) is 3.41. The average Bonchev–Trinajstić information content (AvgIpc) is 2.70. The van der Waals surface area contributed by atoms with Crippen molar-refractivity contribution < 1.29 is 0 Å². The number of aromatic nitrogens is 2. The van der Waals surface area contributed by atoms with Crippen LogP contribution in [0.25, 0.3) is 0 Å². The van der Waals surface area contributed by atoms with Crippen LogP contribution in [0.1, 0.15) is 41.0 Å². The molecule has 0 aliphatic carbocycles. The van der Waals surface area contributed by atoms with Gasteiger partial charge in [-0.3, -0.25) is 4.68 Å². The summed E-state index contributed by atoms with van der Waals surface area (Å²) in [4.78, 5) is 0. The summed E-state index contributed by atoms with van der Waals surface area (Å²) in [5.41, 5.74) is 12.2. The Kier molecular flexibility index (Phi) is 3.53. The molecule has 0 saturated heterocycles. The number of nitrogens with two attached hydrogens (primary N) is 1. The third-order valence-corrected chi connectivity index (χ3v) is 3.41. The Morgan fingerprint density at radius 3 is 2.56 bits per heavy atom. The predicted octanol–water partition coefficient (Wildman–Crippen LogP) is 2.65. The zero-order valence-corrected chi connectivity index (χ0v) is 11.6. The topological polar surface area (TPSA) is 43.8 Å². The molecule has 0 aliphatic heterocycles. The highest BCUT2D eigenvalue weighted by Crippen LogP contribution is 2.23. The lowest BCUT2D eigenvalue weighted by molar-refractivity contribution is 0.664. The van der Waals surface area contributed by atoms with Crippen LogP contribution in [-0.4, -0.2) is 9.78 Å². The number of rotatable bonds is 3. The second-order valence-electron chi connectivity index (χ2n) is 4.88. The number of hydrogen-bond donors (Lipinski definition) is 1. The van der Waals surface area contributed by atoms with E-state index in [1.807, 2.05) is 11.7 Å². The largest absolute Gasteiger partial charge is 0.319 e. The van der Waals surface area contributed by atoms with Gasteiger partial charge in [-0.1, -0.05) is 30.7 Å². The molecule has 96 valence electrons. The van der Waals surface area contributed by atoms with Gasteiger partial charge in [-0.15, -0.1) is 0 Å². The highest BCUT2D eigenvalue weighted by Gasteiger charge is 2.16. The fourth-order valence-corrected chi connectivity index (χ4v) is 2.34. The Balaban J connectivity index is 2.40. The highest BCUT2D eigenvalue weighted by molar-refractivity contribution is 5.37. The molecule has 0 aliphatic rings. The van der Waals surface area contributed by atoms with Crippen molar-refractivity contribution in [2.45, 2.75) is 33.2 Å². The zero-order valence-electron chi connectivity index (χ0n) is 11.6. The first-order valence-electron chi connectivity index (χ1n) is 6.38. The summed E-state index contributed by atoms with van der Waals surface area (Å²) >= 11 is 0. The average molecular weight is 243 g/mol. The van der Waals surface area contributed by atoms with Gasteiger partial charge >= 0.3 is 0 Å². The molecule has 2 rings (SSSR count). The molecule has 3 nitrogen and oxygen atoms in total. The van der Waals surface area contributed by atoms with Crippen LogP contribution < -0.4 is 5.73 Å². The molecule has 3 heteroatoms. The van der Waals surface area contributed by atoms with Crippen LogP contribution >= 0.6 is 0 Å². The lowest BCUT2D eigenvalue weighted by Crippen LogP contribution is -2.17. The Morgan fingerprint density at radius 2 is 2.00 bits per heavy atom. The molecule has 1 aromatic heterocycles.